The number of rotatable bonds is 5. The Morgan fingerprint density at radius 1 is 1.18 bits per heavy atom. The lowest BCUT2D eigenvalue weighted by Gasteiger charge is -2.42. The van der Waals surface area contributed by atoms with E-state index in [1.54, 1.807) is 19.2 Å². The lowest BCUT2D eigenvalue weighted by molar-refractivity contribution is -0.118. The van der Waals surface area contributed by atoms with E-state index in [0.29, 0.717) is 31.7 Å². The maximum Gasteiger partial charge on any atom is 0.286 e. The van der Waals surface area contributed by atoms with E-state index in [2.05, 4.69) is 56.0 Å². The summed E-state index contributed by atoms with van der Waals surface area (Å²) in [5, 5.41) is 0.732. The van der Waals surface area contributed by atoms with E-state index in [0.717, 1.165) is 42.9 Å². The van der Waals surface area contributed by atoms with Crippen molar-refractivity contribution in [3.63, 3.8) is 0 Å². The average molecular weight is 720 g/mol. The second-order valence-electron chi connectivity index (χ2n) is 13.7. The van der Waals surface area contributed by atoms with Crippen LogP contribution in [0.5, 0.6) is 5.75 Å². The molecule has 3 aliphatic rings. The highest BCUT2D eigenvalue weighted by molar-refractivity contribution is 7.92. The van der Waals surface area contributed by atoms with Crippen molar-refractivity contribution in [3.8, 4) is 5.75 Å². The maximum absolute atomic E-state index is 14.2. The minimum Gasteiger partial charge on any atom is -0.490 e. The van der Waals surface area contributed by atoms with Crippen molar-refractivity contribution >= 4 is 39.0 Å². The Balaban J connectivity index is 1.41. The number of hydrogen-bond donors (Lipinski definition) is 1. The quantitative estimate of drug-likeness (QED) is 0.296. The third-order valence-corrected chi connectivity index (χ3v) is 12.4. The van der Waals surface area contributed by atoms with Gasteiger partial charge in [-0.15, -0.1) is 4.36 Å². The van der Waals surface area contributed by atoms with Gasteiger partial charge in [0.2, 0.25) is 5.91 Å². The summed E-state index contributed by atoms with van der Waals surface area (Å²) < 4.78 is 33.6. The van der Waals surface area contributed by atoms with Gasteiger partial charge >= 0.3 is 0 Å². The minimum atomic E-state index is -3.48. The molecule has 5 atom stereocenters. The number of benzene rings is 2. The largest absolute Gasteiger partial charge is 0.490 e. The lowest BCUT2D eigenvalue weighted by Crippen LogP contribution is -2.47. The van der Waals surface area contributed by atoms with Gasteiger partial charge in [0.25, 0.3) is 5.91 Å². The fourth-order valence-corrected chi connectivity index (χ4v) is 9.44. The van der Waals surface area contributed by atoms with Crippen molar-refractivity contribution in [1.82, 2.24) is 14.7 Å². The first kappa shape index (κ1) is 36.0. The van der Waals surface area contributed by atoms with Crippen LogP contribution in [0.4, 0.5) is 5.69 Å². The molecule has 2 aromatic carbocycles. The normalized spacial score (nSPS) is 27.7. The van der Waals surface area contributed by atoms with Crippen LogP contribution in [-0.4, -0.2) is 64.7 Å². The molecule has 0 saturated heterocycles. The molecule has 1 aromatic heterocycles. The van der Waals surface area contributed by atoms with Gasteiger partial charge in [-0.1, -0.05) is 50.1 Å². The Morgan fingerprint density at radius 2 is 2.00 bits per heavy atom. The number of nitrogens with zero attached hydrogens (tertiary/aromatic N) is 4. The number of aromatic nitrogens is 2. The number of hydrogen-bond acceptors (Lipinski definition) is 8. The molecule has 1 aliphatic carbocycles. The van der Waals surface area contributed by atoms with Crippen LogP contribution in [0.1, 0.15) is 73.3 Å². The molecule has 2 amide bonds. The van der Waals surface area contributed by atoms with E-state index in [4.69, 9.17) is 21.1 Å². The summed E-state index contributed by atoms with van der Waals surface area (Å²) in [6.07, 6.45) is 11.8. The fraction of sp³-hybridized carbons (Fsp3) is 0.474. The van der Waals surface area contributed by atoms with Crippen LogP contribution < -0.4 is 14.4 Å². The Labute approximate surface area is 300 Å². The second-order valence-corrected chi connectivity index (χ2v) is 16.2. The summed E-state index contributed by atoms with van der Waals surface area (Å²) in [5.74, 6) is 0.187. The summed E-state index contributed by atoms with van der Waals surface area (Å²) in [6.45, 7) is 6.34. The number of halogens is 1. The smallest absolute Gasteiger partial charge is 0.286 e. The Morgan fingerprint density at radius 3 is 2.78 bits per heavy atom. The van der Waals surface area contributed by atoms with Crippen LogP contribution in [-0.2, 0) is 37.7 Å². The van der Waals surface area contributed by atoms with Gasteiger partial charge < -0.3 is 14.4 Å². The maximum atomic E-state index is 14.2. The van der Waals surface area contributed by atoms with Gasteiger partial charge in [-0.3, -0.25) is 14.3 Å². The summed E-state index contributed by atoms with van der Waals surface area (Å²) >= 11 is 6.45. The summed E-state index contributed by atoms with van der Waals surface area (Å²) in [6, 6.07) is 13.1. The van der Waals surface area contributed by atoms with E-state index in [1.807, 2.05) is 24.3 Å². The molecule has 1 unspecified atom stereocenters. The van der Waals surface area contributed by atoms with Crippen LogP contribution in [0.3, 0.4) is 0 Å². The van der Waals surface area contributed by atoms with Gasteiger partial charge in [-0.2, -0.15) is 0 Å². The molecule has 0 radical (unpaired) electrons. The molecule has 3 aromatic rings. The van der Waals surface area contributed by atoms with Gasteiger partial charge in [-0.25, -0.2) is 14.2 Å². The van der Waals surface area contributed by atoms with Crippen molar-refractivity contribution < 1.29 is 23.3 Å². The number of methoxy groups -OCH3 is 1. The zero-order chi connectivity index (χ0) is 35.3. The average Bonchev–Trinajstić information content (AvgIpc) is 3.25. The number of ether oxygens (including phenoxy) is 2. The van der Waals surface area contributed by atoms with E-state index in [1.165, 1.54) is 23.5 Å². The molecule has 10 nitrogen and oxygen atoms in total. The Kier molecular flexibility index (Phi) is 11.2. The van der Waals surface area contributed by atoms with Crippen LogP contribution in [0, 0.1) is 11.8 Å². The molecular weight excluding hydrogens is 674 g/mol. The highest BCUT2D eigenvalue weighted by atomic mass is 35.5. The topological polar surface area (TPSA) is 123 Å². The first-order chi connectivity index (χ1) is 24.1. The van der Waals surface area contributed by atoms with Crippen LogP contribution in [0.15, 0.2) is 71.4 Å². The zero-order valence-electron chi connectivity index (χ0n) is 29.0. The van der Waals surface area contributed by atoms with Gasteiger partial charge in [0.1, 0.15) is 21.5 Å². The predicted molar refractivity (Wildman–Crippen MR) is 196 cm³/mol. The number of carbonyl (C=O) groups is 2. The van der Waals surface area contributed by atoms with Gasteiger partial charge in [0.05, 0.1) is 30.6 Å². The molecule has 0 saturated carbocycles. The number of amides is 2. The molecule has 266 valence electrons. The summed E-state index contributed by atoms with van der Waals surface area (Å²) in [7, 11) is -1.74. The Bertz CT molecular complexity index is 1860. The zero-order valence-corrected chi connectivity index (χ0v) is 30.5. The van der Waals surface area contributed by atoms with E-state index < -0.39 is 21.7 Å². The fourth-order valence-electron chi connectivity index (χ4n) is 7.65. The molecule has 0 fully saturated rings. The summed E-state index contributed by atoms with van der Waals surface area (Å²) in [5.41, 5.74) is 3.30. The Hall–Kier alpha value is -3.80. The van der Waals surface area contributed by atoms with Crippen LogP contribution in [0.2, 0.25) is 5.02 Å². The molecule has 3 heterocycles. The molecular formula is C38H46ClN5O5S. The highest BCUT2D eigenvalue weighted by Crippen LogP contribution is 2.45. The third-order valence-electron chi connectivity index (χ3n) is 10.4. The van der Waals surface area contributed by atoms with Gasteiger partial charge in [-0.05, 0) is 91.5 Å². The standard InChI is InChI=1S/C38H46ClN5O5S/c1-4-27-23-44-24-38(16-8-10-28-20-30(39)13-14-31(28)38)25-49-34-15-12-29(21-32(34)44)37(46)43-50(47,19-7-5-6-11-33(48-3)26(27)2)42-36(45)22-35-40-17-9-18-41-35/h6,9,11-15,17-18,20-21,26-27,33H,4-5,7-8,10,16,19,22-25H2,1-3H3,(H,42,43,45,46,47)/b11-6-/t26-,27+,33+,38+,50?/m1/s1. The van der Waals surface area contributed by atoms with Crippen molar-refractivity contribution in [2.45, 2.75) is 70.3 Å². The van der Waals surface area contributed by atoms with Crippen molar-refractivity contribution in [1.29, 1.82) is 0 Å². The number of nitrogens with one attached hydrogen (secondary N) is 1. The van der Waals surface area contributed by atoms with Crippen LogP contribution in [0.25, 0.3) is 0 Å². The first-order valence-corrected chi connectivity index (χ1v) is 19.5. The molecule has 6 rings (SSSR count). The highest BCUT2D eigenvalue weighted by Gasteiger charge is 2.42. The molecule has 12 heteroatoms. The molecule has 2 aliphatic heterocycles. The van der Waals surface area contributed by atoms with Crippen molar-refractivity contribution in [2.24, 2.45) is 16.2 Å². The minimum absolute atomic E-state index is 0.00137. The number of anilines is 1. The molecule has 50 heavy (non-hydrogen) atoms. The number of carbonyl (C=O) groups excluding carboxylic acids is 2. The van der Waals surface area contributed by atoms with Gasteiger partial charge in [0, 0.05) is 48.6 Å². The molecule has 2 bridgehead atoms. The van der Waals surface area contributed by atoms with Crippen LogP contribution >= 0.6 is 11.6 Å². The van der Waals surface area contributed by atoms with E-state index >= 15 is 0 Å². The molecule has 1 spiro atoms. The number of allylic oxidation sites excluding steroid dienone is 1. The first-order valence-electron chi connectivity index (χ1n) is 17.5. The van der Waals surface area contributed by atoms with E-state index in [-0.39, 0.29) is 46.9 Å². The van der Waals surface area contributed by atoms with Crippen molar-refractivity contribution in [2.75, 3.05) is 37.5 Å². The molecule has 1 N–H and O–H groups in total. The SMILES string of the molecule is CC[C@H]1CN2C[C@@]3(CCCc4cc(Cl)ccc43)COc3ccc(cc32)C(=O)N=S(=O)(NC(=O)Cc2ncccn2)CCC/C=C\[C@H](OC)[C@@H]1C. The predicted octanol–water partition coefficient (Wildman–Crippen LogP) is 6.51. The number of aryl methyl sites for hydroxylation is 1. The summed E-state index contributed by atoms with van der Waals surface area (Å²) in [4.78, 5) is 37.5. The van der Waals surface area contributed by atoms with E-state index in [9.17, 15) is 13.8 Å². The van der Waals surface area contributed by atoms with Gasteiger partial charge in [0.15, 0.2) is 0 Å². The number of fused-ring (bicyclic) bond motifs is 3. The third kappa shape index (κ3) is 8.05. The van der Waals surface area contributed by atoms with Crippen molar-refractivity contribution in [3.05, 3.63) is 94.5 Å². The second kappa shape index (κ2) is 15.6. The lowest BCUT2D eigenvalue weighted by atomic mass is 9.70. The monoisotopic (exact) mass is 719 g/mol.